The zero-order chi connectivity index (χ0) is 13.8. The van der Waals surface area contributed by atoms with Crippen molar-refractivity contribution in [3.05, 3.63) is 21.6 Å². The molecule has 2 rings (SSSR count). The third-order valence-corrected chi connectivity index (χ3v) is 3.75. The molecule has 0 saturated carbocycles. The zero-order valence-electron chi connectivity index (χ0n) is 11.9. The van der Waals surface area contributed by atoms with E-state index < -0.39 is 0 Å². The van der Waals surface area contributed by atoms with Gasteiger partial charge < -0.3 is 5.32 Å². The number of thiazole rings is 1. The standard InChI is InChI=1S/C14H20N4S/c1-5-7-15-13-9(3)11(6-2)17-14(18-13)12-8-19-10(4)16-12/h8H,5-7H2,1-4H3,(H,15,17,18). The number of nitrogens with one attached hydrogen (secondary N) is 1. The minimum Gasteiger partial charge on any atom is -0.370 e. The van der Waals surface area contributed by atoms with Gasteiger partial charge in [-0.3, -0.25) is 0 Å². The van der Waals surface area contributed by atoms with E-state index in [9.17, 15) is 0 Å². The number of hydrogen-bond donors (Lipinski definition) is 1. The van der Waals surface area contributed by atoms with E-state index in [1.807, 2.05) is 12.3 Å². The maximum atomic E-state index is 4.64. The normalized spacial score (nSPS) is 10.7. The Morgan fingerprint density at radius 3 is 2.53 bits per heavy atom. The molecule has 2 aromatic heterocycles. The van der Waals surface area contributed by atoms with Gasteiger partial charge in [-0.1, -0.05) is 13.8 Å². The van der Waals surface area contributed by atoms with Crippen LogP contribution in [0.4, 0.5) is 5.82 Å². The summed E-state index contributed by atoms with van der Waals surface area (Å²) in [4.78, 5) is 13.7. The Bertz CT molecular complexity index is 563. The van der Waals surface area contributed by atoms with Gasteiger partial charge >= 0.3 is 0 Å². The molecule has 0 fully saturated rings. The summed E-state index contributed by atoms with van der Waals surface area (Å²) in [6.07, 6.45) is 1.99. The van der Waals surface area contributed by atoms with Crippen LogP contribution in [0, 0.1) is 13.8 Å². The average molecular weight is 276 g/mol. The molecule has 0 bridgehead atoms. The van der Waals surface area contributed by atoms with Crippen molar-refractivity contribution in [1.29, 1.82) is 0 Å². The second-order valence-corrected chi connectivity index (χ2v) is 5.56. The quantitative estimate of drug-likeness (QED) is 0.906. The van der Waals surface area contributed by atoms with E-state index >= 15 is 0 Å². The molecule has 0 aliphatic heterocycles. The molecule has 1 N–H and O–H groups in total. The third kappa shape index (κ3) is 3.10. The summed E-state index contributed by atoms with van der Waals surface area (Å²) in [5, 5.41) is 6.44. The van der Waals surface area contributed by atoms with Crippen LogP contribution in [0.1, 0.15) is 36.5 Å². The molecule has 2 heterocycles. The Morgan fingerprint density at radius 2 is 1.95 bits per heavy atom. The summed E-state index contributed by atoms with van der Waals surface area (Å²) < 4.78 is 0. The van der Waals surface area contributed by atoms with Crippen LogP contribution in [0.2, 0.25) is 0 Å². The highest BCUT2D eigenvalue weighted by molar-refractivity contribution is 7.09. The molecule has 5 heteroatoms. The van der Waals surface area contributed by atoms with Gasteiger partial charge in [-0.15, -0.1) is 11.3 Å². The van der Waals surface area contributed by atoms with Gasteiger partial charge in [0.25, 0.3) is 0 Å². The fraction of sp³-hybridized carbons (Fsp3) is 0.500. The van der Waals surface area contributed by atoms with E-state index in [1.165, 1.54) is 0 Å². The first-order valence-corrected chi connectivity index (χ1v) is 7.57. The monoisotopic (exact) mass is 276 g/mol. The van der Waals surface area contributed by atoms with Crippen molar-refractivity contribution >= 4 is 17.2 Å². The van der Waals surface area contributed by atoms with Crippen molar-refractivity contribution < 1.29 is 0 Å². The first-order valence-electron chi connectivity index (χ1n) is 6.69. The van der Waals surface area contributed by atoms with Crippen molar-refractivity contribution in [2.75, 3.05) is 11.9 Å². The van der Waals surface area contributed by atoms with E-state index in [0.717, 1.165) is 53.0 Å². The Kier molecular flexibility index (Phi) is 4.47. The van der Waals surface area contributed by atoms with Crippen molar-refractivity contribution in [2.24, 2.45) is 0 Å². The maximum Gasteiger partial charge on any atom is 0.181 e. The lowest BCUT2D eigenvalue weighted by Crippen LogP contribution is -2.08. The molecule has 0 amide bonds. The second kappa shape index (κ2) is 6.10. The molecule has 2 aromatic rings. The van der Waals surface area contributed by atoms with Crippen molar-refractivity contribution in [1.82, 2.24) is 15.0 Å². The Morgan fingerprint density at radius 1 is 1.16 bits per heavy atom. The summed E-state index contributed by atoms with van der Waals surface area (Å²) in [6, 6.07) is 0. The van der Waals surface area contributed by atoms with Gasteiger partial charge in [0.1, 0.15) is 11.5 Å². The molecule has 102 valence electrons. The molecule has 0 aliphatic rings. The van der Waals surface area contributed by atoms with Crippen LogP contribution in [0.3, 0.4) is 0 Å². The molecule has 0 unspecified atom stereocenters. The first kappa shape index (κ1) is 13.9. The number of anilines is 1. The Balaban J connectivity index is 2.44. The molecular formula is C14H20N4S. The summed E-state index contributed by atoms with van der Waals surface area (Å²) >= 11 is 1.63. The maximum absolute atomic E-state index is 4.64. The van der Waals surface area contributed by atoms with Crippen LogP contribution in [0.5, 0.6) is 0 Å². The fourth-order valence-electron chi connectivity index (χ4n) is 1.90. The molecule has 0 atom stereocenters. The number of aromatic nitrogens is 3. The van der Waals surface area contributed by atoms with E-state index in [4.69, 9.17) is 0 Å². The SMILES string of the molecule is CCCNc1nc(-c2csc(C)n2)nc(CC)c1C. The molecule has 4 nitrogen and oxygen atoms in total. The molecule has 0 aromatic carbocycles. The number of hydrogen-bond acceptors (Lipinski definition) is 5. The fourth-order valence-corrected chi connectivity index (χ4v) is 2.49. The highest BCUT2D eigenvalue weighted by Gasteiger charge is 2.12. The van der Waals surface area contributed by atoms with Crippen LogP contribution in [-0.2, 0) is 6.42 Å². The minimum absolute atomic E-state index is 0.727. The average Bonchev–Trinajstić information content (AvgIpc) is 2.84. The van der Waals surface area contributed by atoms with E-state index in [-0.39, 0.29) is 0 Å². The summed E-state index contributed by atoms with van der Waals surface area (Å²) in [6.45, 7) is 9.27. The topological polar surface area (TPSA) is 50.7 Å². The second-order valence-electron chi connectivity index (χ2n) is 4.50. The third-order valence-electron chi connectivity index (χ3n) is 2.97. The molecule has 0 saturated heterocycles. The van der Waals surface area contributed by atoms with Crippen molar-refractivity contribution in [2.45, 2.75) is 40.5 Å². The predicted molar refractivity (Wildman–Crippen MR) is 80.8 cm³/mol. The van der Waals surface area contributed by atoms with Gasteiger partial charge in [-0.25, -0.2) is 15.0 Å². The van der Waals surface area contributed by atoms with E-state index in [1.54, 1.807) is 11.3 Å². The summed E-state index contributed by atoms with van der Waals surface area (Å²) in [7, 11) is 0. The van der Waals surface area contributed by atoms with Crippen LogP contribution in [0.15, 0.2) is 5.38 Å². The highest BCUT2D eigenvalue weighted by Crippen LogP contribution is 2.23. The summed E-state index contributed by atoms with van der Waals surface area (Å²) in [5.74, 6) is 1.67. The first-order chi connectivity index (χ1) is 9.15. The number of nitrogens with zero attached hydrogens (tertiary/aromatic N) is 3. The lowest BCUT2D eigenvalue weighted by Gasteiger charge is -2.12. The highest BCUT2D eigenvalue weighted by atomic mass is 32.1. The van der Waals surface area contributed by atoms with Gasteiger partial charge in [0.15, 0.2) is 5.82 Å². The van der Waals surface area contributed by atoms with Crippen LogP contribution < -0.4 is 5.32 Å². The zero-order valence-corrected chi connectivity index (χ0v) is 12.8. The number of aryl methyl sites for hydroxylation is 2. The lowest BCUT2D eigenvalue weighted by molar-refractivity contribution is 0.934. The molecule has 0 aliphatic carbocycles. The van der Waals surface area contributed by atoms with Gasteiger partial charge in [-0.2, -0.15) is 0 Å². The van der Waals surface area contributed by atoms with Crippen LogP contribution >= 0.6 is 11.3 Å². The molecule has 19 heavy (non-hydrogen) atoms. The largest absolute Gasteiger partial charge is 0.370 e. The van der Waals surface area contributed by atoms with Crippen LogP contribution in [0.25, 0.3) is 11.5 Å². The van der Waals surface area contributed by atoms with Gasteiger partial charge in [0.2, 0.25) is 0 Å². The predicted octanol–water partition coefficient (Wildman–Crippen LogP) is 3.60. The molecular weight excluding hydrogens is 256 g/mol. The van der Waals surface area contributed by atoms with Crippen molar-refractivity contribution in [3.63, 3.8) is 0 Å². The van der Waals surface area contributed by atoms with Crippen LogP contribution in [-0.4, -0.2) is 21.5 Å². The van der Waals surface area contributed by atoms with E-state index in [2.05, 4.69) is 41.0 Å². The van der Waals surface area contributed by atoms with Gasteiger partial charge in [-0.05, 0) is 26.7 Å². The summed E-state index contributed by atoms with van der Waals surface area (Å²) in [5.41, 5.74) is 3.11. The van der Waals surface area contributed by atoms with Crippen molar-refractivity contribution in [3.8, 4) is 11.5 Å². The Labute approximate surface area is 118 Å². The Hall–Kier alpha value is -1.49. The molecule has 0 spiro atoms. The molecule has 0 radical (unpaired) electrons. The minimum atomic E-state index is 0.727. The van der Waals surface area contributed by atoms with Gasteiger partial charge in [0, 0.05) is 23.2 Å². The van der Waals surface area contributed by atoms with E-state index in [0.29, 0.717) is 0 Å². The lowest BCUT2D eigenvalue weighted by atomic mass is 10.2. The smallest absolute Gasteiger partial charge is 0.181 e. The van der Waals surface area contributed by atoms with Gasteiger partial charge in [0.05, 0.1) is 5.01 Å². The number of rotatable bonds is 5.